The van der Waals surface area contributed by atoms with Gasteiger partial charge in [0.25, 0.3) is 0 Å². The third-order valence-corrected chi connectivity index (χ3v) is 3.20. The van der Waals surface area contributed by atoms with E-state index in [-0.39, 0.29) is 0 Å². The Hall–Kier alpha value is -0.160. The highest BCUT2D eigenvalue weighted by Gasteiger charge is 2.24. The molecule has 0 saturated carbocycles. The smallest absolute Gasteiger partial charge is 0.0608 e. The minimum Gasteiger partial charge on any atom is -0.379 e. The summed E-state index contributed by atoms with van der Waals surface area (Å²) in [6.07, 6.45) is 2.63. The van der Waals surface area contributed by atoms with Gasteiger partial charge in [-0.15, -0.1) is 0 Å². The van der Waals surface area contributed by atoms with Gasteiger partial charge >= 0.3 is 0 Å². The van der Waals surface area contributed by atoms with Gasteiger partial charge in [-0.05, 0) is 19.9 Å². The lowest BCUT2D eigenvalue weighted by atomic mass is 10.1. The molecule has 2 heterocycles. The molecule has 0 amide bonds. The van der Waals surface area contributed by atoms with E-state index in [1.807, 2.05) is 0 Å². The first kappa shape index (κ1) is 10.4. The molecule has 1 atom stereocenters. The van der Waals surface area contributed by atoms with Gasteiger partial charge in [0.1, 0.15) is 0 Å². The molecule has 0 aromatic carbocycles. The summed E-state index contributed by atoms with van der Waals surface area (Å²) in [6.45, 7) is 6.29. The predicted molar refractivity (Wildman–Crippen MR) is 56.0 cm³/mol. The quantitative estimate of drug-likeness (QED) is 0.673. The molecule has 82 valence electrons. The van der Waals surface area contributed by atoms with Crippen molar-refractivity contribution in [3.8, 4) is 0 Å². The molecule has 2 aliphatic rings. The number of piperidine rings is 1. The van der Waals surface area contributed by atoms with Crippen molar-refractivity contribution in [1.82, 2.24) is 15.3 Å². The number of likely N-dealkylation sites (N-methyl/N-ethyl adjacent to an activating group) is 1. The molecule has 2 saturated heterocycles. The topological polar surface area (TPSA) is 27.7 Å². The Bertz CT molecular complexity index is 171. The predicted octanol–water partition coefficient (Wildman–Crippen LogP) is -0.0826. The number of rotatable bonds is 2. The van der Waals surface area contributed by atoms with Gasteiger partial charge in [0, 0.05) is 32.2 Å². The molecule has 0 radical (unpaired) electrons. The lowest BCUT2D eigenvalue weighted by Gasteiger charge is -2.41. The number of hydrogen-bond donors (Lipinski definition) is 1. The number of hydrazine groups is 1. The van der Waals surface area contributed by atoms with E-state index in [1.54, 1.807) is 0 Å². The van der Waals surface area contributed by atoms with Gasteiger partial charge in [-0.3, -0.25) is 0 Å². The number of ether oxygens (including phenoxy) is 1. The van der Waals surface area contributed by atoms with Gasteiger partial charge in [-0.1, -0.05) is 0 Å². The number of hydrogen-bond acceptors (Lipinski definition) is 4. The minimum atomic E-state index is 0.673. The largest absolute Gasteiger partial charge is 0.379 e. The molecule has 0 bridgehead atoms. The summed E-state index contributed by atoms with van der Waals surface area (Å²) < 4.78 is 5.36. The first-order valence-electron chi connectivity index (χ1n) is 5.65. The van der Waals surface area contributed by atoms with Gasteiger partial charge in [0.15, 0.2) is 0 Å². The SMILES string of the molecule is CNC1CCCN(N2CCOCC2)C1. The van der Waals surface area contributed by atoms with Crippen LogP contribution in [0.25, 0.3) is 0 Å². The summed E-state index contributed by atoms with van der Waals surface area (Å²) in [6, 6.07) is 0.673. The van der Waals surface area contributed by atoms with Crippen molar-refractivity contribution in [3.63, 3.8) is 0 Å². The van der Waals surface area contributed by atoms with E-state index in [1.165, 1.54) is 19.4 Å². The van der Waals surface area contributed by atoms with Crippen LogP contribution in [-0.4, -0.2) is 62.5 Å². The molecule has 4 nitrogen and oxygen atoms in total. The lowest BCUT2D eigenvalue weighted by Crippen LogP contribution is -2.55. The van der Waals surface area contributed by atoms with E-state index in [9.17, 15) is 0 Å². The number of nitrogens with one attached hydrogen (secondary N) is 1. The zero-order valence-corrected chi connectivity index (χ0v) is 9.04. The Morgan fingerprint density at radius 2 is 1.93 bits per heavy atom. The van der Waals surface area contributed by atoms with Crippen molar-refractivity contribution in [3.05, 3.63) is 0 Å². The van der Waals surface area contributed by atoms with Gasteiger partial charge in [0.05, 0.1) is 13.2 Å². The monoisotopic (exact) mass is 199 g/mol. The zero-order valence-electron chi connectivity index (χ0n) is 9.04. The second-order valence-electron chi connectivity index (χ2n) is 4.11. The van der Waals surface area contributed by atoms with Crippen molar-refractivity contribution < 1.29 is 4.74 Å². The van der Waals surface area contributed by atoms with Crippen LogP contribution in [0.2, 0.25) is 0 Å². The molecule has 2 fully saturated rings. The summed E-state index contributed by atoms with van der Waals surface area (Å²) >= 11 is 0. The number of nitrogens with zero attached hydrogens (tertiary/aromatic N) is 2. The number of morpholine rings is 1. The summed E-state index contributed by atoms with van der Waals surface area (Å²) in [5, 5.41) is 8.32. The molecule has 0 aromatic rings. The van der Waals surface area contributed by atoms with Gasteiger partial charge < -0.3 is 10.1 Å². The maximum Gasteiger partial charge on any atom is 0.0608 e. The highest BCUT2D eigenvalue weighted by molar-refractivity contribution is 4.76. The first-order valence-corrected chi connectivity index (χ1v) is 5.65. The van der Waals surface area contributed by atoms with E-state index in [0.29, 0.717) is 6.04 Å². The van der Waals surface area contributed by atoms with Crippen molar-refractivity contribution >= 4 is 0 Å². The molecule has 4 heteroatoms. The van der Waals surface area contributed by atoms with Crippen molar-refractivity contribution in [2.75, 3.05) is 46.4 Å². The molecular weight excluding hydrogens is 178 g/mol. The molecule has 0 aliphatic carbocycles. The van der Waals surface area contributed by atoms with Gasteiger partial charge in [-0.2, -0.15) is 0 Å². The van der Waals surface area contributed by atoms with E-state index in [4.69, 9.17) is 4.74 Å². The van der Waals surface area contributed by atoms with E-state index in [0.717, 1.165) is 32.8 Å². The van der Waals surface area contributed by atoms with Crippen LogP contribution >= 0.6 is 0 Å². The second kappa shape index (κ2) is 5.07. The van der Waals surface area contributed by atoms with E-state index >= 15 is 0 Å². The Morgan fingerprint density at radius 3 is 2.64 bits per heavy atom. The van der Waals surface area contributed by atoms with Crippen LogP contribution in [0.4, 0.5) is 0 Å². The second-order valence-corrected chi connectivity index (χ2v) is 4.11. The molecular formula is C10H21N3O. The highest BCUT2D eigenvalue weighted by Crippen LogP contribution is 2.13. The Morgan fingerprint density at radius 1 is 1.14 bits per heavy atom. The minimum absolute atomic E-state index is 0.673. The van der Waals surface area contributed by atoms with Crippen LogP contribution in [0.5, 0.6) is 0 Å². The fourth-order valence-corrected chi connectivity index (χ4v) is 2.29. The summed E-state index contributed by atoms with van der Waals surface area (Å²) in [7, 11) is 2.06. The fraction of sp³-hybridized carbons (Fsp3) is 1.00. The molecule has 0 aromatic heterocycles. The van der Waals surface area contributed by atoms with Crippen molar-refractivity contribution in [2.24, 2.45) is 0 Å². The maximum atomic E-state index is 5.36. The molecule has 1 N–H and O–H groups in total. The summed E-state index contributed by atoms with van der Waals surface area (Å²) in [4.78, 5) is 0. The summed E-state index contributed by atoms with van der Waals surface area (Å²) in [5.41, 5.74) is 0. The average Bonchev–Trinajstić information content (AvgIpc) is 2.30. The Balaban J connectivity index is 1.83. The molecule has 14 heavy (non-hydrogen) atoms. The van der Waals surface area contributed by atoms with E-state index < -0.39 is 0 Å². The Labute approximate surface area is 86.2 Å². The van der Waals surface area contributed by atoms with Crippen LogP contribution in [0.1, 0.15) is 12.8 Å². The Kier molecular flexibility index (Phi) is 3.75. The highest BCUT2D eigenvalue weighted by atomic mass is 16.5. The van der Waals surface area contributed by atoms with Crippen LogP contribution in [0.15, 0.2) is 0 Å². The normalized spacial score (nSPS) is 31.9. The zero-order chi connectivity index (χ0) is 9.80. The average molecular weight is 199 g/mol. The summed E-state index contributed by atoms with van der Waals surface area (Å²) in [5.74, 6) is 0. The molecule has 2 aliphatic heterocycles. The third-order valence-electron chi connectivity index (χ3n) is 3.20. The van der Waals surface area contributed by atoms with Crippen LogP contribution in [0.3, 0.4) is 0 Å². The van der Waals surface area contributed by atoms with E-state index in [2.05, 4.69) is 22.4 Å². The first-order chi connectivity index (χ1) is 6.90. The van der Waals surface area contributed by atoms with Crippen molar-refractivity contribution in [2.45, 2.75) is 18.9 Å². The molecule has 1 unspecified atom stereocenters. The maximum absolute atomic E-state index is 5.36. The fourth-order valence-electron chi connectivity index (χ4n) is 2.29. The lowest BCUT2D eigenvalue weighted by molar-refractivity contribution is -0.102. The van der Waals surface area contributed by atoms with Gasteiger partial charge in [-0.25, -0.2) is 10.0 Å². The van der Waals surface area contributed by atoms with Crippen LogP contribution in [-0.2, 0) is 4.74 Å². The van der Waals surface area contributed by atoms with Crippen LogP contribution < -0.4 is 5.32 Å². The van der Waals surface area contributed by atoms with Crippen LogP contribution in [0, 0.1) is 0 Å². The molecule has 2 rings (SSSR count). The van der Waals surface area contributed by atoms with Crippen molar-refractivity contribution in [1.29, 1.82) is 0 Å². The molecule has 0 spiro atoms. The standard InChI is InChI=1S/C10H21N3O/c1-11-10-3-2-4-13(9-10)12-5-7-14-8-6-12/h10-11H,2-9H2,1H3. The third kappa shape index (κ3) is 2.45. The van der Waals surface area contributed by atoms with Gasteiger partial charge in [0.2, 0.25) is 0 Å².